The molecule has 3 heterocycles. The van der Waals surface area contributed by atoms with Gasteiger partial charge in [-0.2, -0.15) is 10.2 Å². The van der Waals surface area contributed by atoms with E-state index in [0.717, 1.165) is 44.1 Å². The molecule has 1 saturated heterocycles. The lowest BCUT2D eigenvalue weighted by atomic mass is 10.1. The Kier molecular flexibility index (Phi) is 4.45. The molecule has 0 radical (unpaired) electrons. The molecule has 1 aliphatic rings. The maximum Gasteiger partial charge on any atom is 0.274 e. The first kappa shape index (κ1) is 16.7. The van der Waals surface area contributed by atoms with Gasteiger partial charge in [-0.25, -0.2) is 0 Å². The topological polar surface area (TPSA) is 59.2 Å². The summed E-state index contributed by atoms with van der Waals surface area (Å²) in [4.78, 5) is 16.9. The Morgan fingerprint density at radius 2 is 1.71 bits per heavy atom. The molecule has 0 unspecified atom stereocenters. The number of aryl methyl sites for hydroxylation is 4. The van der Waals surface area contributed by atoms with Crippen LogP contribution in [0.4, 0.5) is 0 Å². The van der Waals surface area contributed by atoms with E-state index in [0.29, 0.717) is 5.69 Å². The van der Waals surface area contributed by atoms with E-state index in [2.05, 4.69) is 28.9 Å². The van der Waals surface area contributed by atoms with E-state index in [1.165, 1.54) is 11.3 Å². The molecular weight excluding hydrogens is 304 g/mol. The third-order valence-electron chi connectivity index (χ3n) is 5.03. The van der Waals surface area contributed by atoms with Gasteiger partial charge in [0.05, 0.1) is 5.69 Å². The summed E-state index contributed by atoms with van der Waals surface area (Å²) >= 11 is 0. The van der Waals surface area contributed by atoms with Crippen LogP contribution in [0.1, 0.15) is 33.1 Å². The Morgan fingerprint density at radius 3 is 2.21 bits per heavy atom. The SMILES string of the molecule is Cc1nn(C)c(C)c1CN1CCN(C(=O)c2cc(C)n(C)n2)CC1. The van der Waals surface area contributed by atoms with Crippen LogP contribution in [-0.4, -0.2) is 61.4 Å². The molecule has 7 nitrogen and oxygen atoms in total. The van der Waals surface area contributed by atoms with Crippen LogP contribution in [0.2, 0.25) is 0 Å². The molecule has 7 heteroatoms. The summed E-state index contributed by atoms with van der Waals surface area (Å²) < 4.78 is 3.69. The quantitative estimate of drug-likeness (QED) is 0.844. The van der Waals surface area contributed by atoms with Gasteiger partial charge in [-0.15, -0.1) is 0 Å². The lowest BCUT2D eigenvalue weighted by molar-refractivity contribution is 0.0621. The second-order valence-electron chi connectivity index (χ2n) is 6.64. The maximum atomic E-state index is 12.6. The number of piperazine rings is 1. The first-order chi connectivity index (χ1) is 11.4. The molecule has 130 valence electrons. The van der Waals surface area contributed by atoms with E-state index in [-0.39, 0.29) is 5.91 Å². The zero-order valence-electron chi connectivity index (χ0n) is 15.2. The Morgan fingerprint density at radius 1 is 1.04 bits per heavy atom. The standard InChI is InChI=1S/C17H26N6O/c1-12-10-16(19-20(12)4)17(24)23-8-6-22(7-9-23)11-15-13(2)18-21(5)14(15)3/h10H,6-9,11H2,1-5H3. The van der Waals surface area contributed by atoms with Crippen LogP contribution in [0.15, 0.2) is 6.07 Å². The normalized spacial score (nSPS) is 16.0. The van der Waals surface area contributed by atoms with Crippen molar-refractivity contribution in [3.8, 4) is 0 Å². The number of aromatic nitrogens is 4. The van der Waals surface area contributed by atoms with Crippen LogP contribution < -0.4 is 0 Å². The highest BCUT2D eigenvalue weighted by atomic mass is 16.2. The van der Waals surface area contributed by atoms with Crippen molar-refractivity contribution in [2.45, 2.75) is 27.3 Å². The van der Waals surface area contributed by atoms with Gasteiger partial charge >= 0.3 is 0 Å². The van der Waals surface area contributed by atoms with Gasteiger partial charge in [-0.1, -0.05) is 0 Å². The fourth-order valence-corrected chi connectivity index (χ4v) is 3.21. The van der Waals surface area contributed by atoms with Crippen molar-refractivity contribution < 1.29 is 4.79 Å². The van der Waals surface area contributed by atoms with Crippen molar-refractivity contribution in [1.82, 2.24) is 29.4 Å². The van der Waals surface area contributed by atoms with Crippen molar-refractivity contribution >= 4 is 5.91 Å². The van der Waals surface area contributed by atoms with Gasteiger partial charge < -0.3 is 4.90 Å². The van der Waals surface area contributed by atoms with Crippen LogP contribution in [-0.2, 0) is 20.6 Å². The third kappa shape index (κ3) is 3.08. The summed E-state index contributed by atoms with van der Waals surface area (Å²) in [6.07, 6.45) is 0. The minimum atomic E-state index is 0.0343. The van der Waals surface area contributed by atoms with Gasteiger partial charge in [0.1, 0.15) is 0 Å². The summed E-state index contributed by atoms with van der Waals surface area (Å²) in [5, 5.41) is 8.78. The molecule has 0 N–H and O–H groups in total. The fraction of sp³-hybridized carbons (Fsp3) is 0.588. The predicted octanol–water partition coefficient (Wildman–Crippen LogP) is 1.04. The van der Waals surface area contributed by atoms with E-state index in [4.69, 9.17) is 0 Å². The highest BCUT2D eigenvalue weighted by Crippen LogP contribution is 2.16. The summed E-state index contributed by atoms with van der Waals surface area (Å²) in [7, 11) is 3.85. The monoisotopic (exact) mass is 330 g/mol. The summed E-state index contributed by atoms with van der Waals surface area (Å²) in [5.74, 6) is 0.0343. The summed E-state index contributed by atoms with van der Waals surface area (Å²) in [6, 6.07) is 1.86. The number of rotatable bonds is 3. The van der Waals surface area contributed by atoms with E-state index < -0.39 is 0 Å². The average molecular weight is 330 g/mol. The summed E-state index contributed by atoms with van der Waals surface area (Å²) in [5.41, 5.74) is 5.16. The Balaban J connectivity index is 1.60. The van der Waals surface area contributed by atoms with E-state index in [1.807, 2.05) is 36.7 Å². The first-order valence-corrected chi connectivity index (χ1v) is 8.38. The largest absolute Gasteiger partial charge is 0.335 e. The second kappa shape index (κ2) is 6.39. The number of hydrogen-bond acceptors (Lipinski definition) is 4. The van der Waals surface area contributed by atoms with Gasteiger partial charge in [-0.3, -0.25) is 19.1 Å². The highest BCUT2D eigenvalue weighted by molar-refractivity contribution is 5.92. The zero-order chi connectivity index (χ0) is 17.4. The minimum absolute atomic E-state index is 0.0343. The molecule has 2 aromatic rings. The predicted molar refractivity (Wildman–Crippen MR) is 91.8 cm³/mol. The lowest BCUT2D eigenvalue weighted by Gasteiger charge is -2.34. The Bertz CT molecular complexity index is 732. The fourth-order valence-electron chi connectivity index (χ4n) is 3.21. The number of carbonyl (C=O) groups excluding carboxylic acids is 1. The van der Waals surface area contributed by atoms with Crippen LogP contribution in [0, 0.1) is 20.8 Å². The molecule has 24 heavy (non-hydrogen) atoms. The van der Waals surface area contributed by atoms with Crippen molar-refractivity contribution in [1.29, 1.82) is 0 Å². The van der Waals surface area contributed by atoms with E-state index in [1.54, 1.807) is 4.68 Å². The van der Waals surface area contributed by atoms with Gasteiger partial charge in [0.2, 0.25) is 0 Å². The molecule has 0 aliphatic carbocycles. The molecule has 0 saturated carbocycles. The van der Waals surface area contributed by atoms with Crippen molar-refractivity contribution in [3.05, 3.63) is 34.4 Å². The highest BCUT2D eigenvalue weighted by Gasteiger charge is 2.25. The molecule has 0 bridgehead atoms. The minimum Gasteiger partial charge on any atom is -0.335 e. The van der Waals surface area contributed by atoms with Gasteiger partial charge in [-0.05, 0) is 26.8 Å². The molecule has 2 aromatic heterocycles. The average Bonchev–Trinajstić information content (AvgIpc) is 3.01. The van der Waals surface area contributed by atoms with E-state index >= 15 is 0 Å². The number of nitrogens with zero attached hydrogens (tertiary/aromatic N) is 6. The molecule has 1 fully saturated rings. The number of carbonyl (C=O) groups is 1. The van der Waals surface area contributed by atoms with Crippen molar-refractivity contribution in [2.24, 2.45) is 14.1 Å². The van der Waals surface area contributed by atoms with Gasteiger partial charge in [0.25, 0.3) is 5.91 Å². The van der Waals surface area contributed by atoms with Crippen molar-refractivity contribution in [2.75, 3.05) is 26.2 Å². The molecule has 1 amide bonds. The second-order valence-corrected chi connectivity index (χ2v) is 6.64. The maximum absolute atomic E-state index is 12.6. The molecule has 0 spiro atoms. The third-order valence-corrected chi connectivity index (χ3v) is 5.03. The lowest BCUT2D eigenvalue weighted by Crippen LogP contribution is -2.48. The van der Waals surface area contributed by atoms with Crippen molar-refractivity contribution in [3.63, 3.8) is 0 Å². The van der Waals surface area contributed by atoms with Gasteiger partial charge in [0, 0.05) is 63.8 Å². The smallest absolute Gasteiger partial charge is 0.274 e. The first-order valence-electron chi connectivity index (χ1n) is 8.38. The Hall–Kier alpha value is -2.15. The van der Waals surface area contributed by atoms with Crippen LogP contribution in [0.25, 0.3) is 0 Å². The molecular formula is C17H26N6O. The van der Waals surface area contributed by atoms with E-state index in [9.17, 15) is 4.79 Å². The zero-order valence-corrected chi connectivity index (χ0v) is 15.2. The molecule has 3 rings (SSSR count). The molecule has 0 atom stereocenters. The molecule has 0 aromatic carbocycles. The Labute approximate surface area is 142 Å². The summed E-state index contributed by atoms with van der Waals surface area (Å²) in [6.45, 7) is 10.3. The molecule has 1 aliphatic heterocycles. The van der Waals surface area contributed by atoms with Crippen LogP contribution >= 0.6 is 0 Å². The van der Waals surface area contributed by atoms with Gasteiger partial charge in [0.15, 0.2) is 5.69 Å². The van der Waals surface area contributed by atoms with Crippen LogP contribution in [0.5, 0.6) is 0 Å². The number of hydrogen-bond donors (Lipinski definition) is 0. The van der Waals surface area contributed by atoms with Crippen LogP contribution in [0.3, 0.4) is 0 Å². The number of amides is 1.